The Kier molecular flexibility index (Phi) is 3.72. The van der Waals surface area contributed by atoms with Crippen molar-refractivity contribution in [3.05, 3.63) is 28.2 Å². The lowest BCUT2D eigenvalue weighted by atomic mass is 10.1. The Morgan fingerprint density at radius 1 is 1.55 bits per heavy atom. The van der Waals surface area contributed by atoms with Crippen molar-refractivity contribution in [3.63, 3.8) is 0 Å². The lowest BCUT2D eigenvalue weighted by Crippen LogP contribution is -2.41. The average Bonchev–Trinajstić information content (AvgIpc) is 3.15. The van der Waals surface area contributed by atoms with Gasteiger partial charge in [-0.05, 0) is 12.8 Å². The lowest BCUT2D eigenvalue weighted by Gasteiger charge is -2.26. The summed E-state index contributed by atoms with van der Waals surface area (Å²) in [6.45, 7) is 0.230. The van der Waals surface area contributed by atoms with Crippen LogP contribution in [0.25, 0.3) is 11.0 Å². The smallest absolute Gasteiger partial charge is 0.260 e. The molecule has 6 nitrogen and oxygen atoms in total. The van der Waals surface area contributed by atoms with Crippen molar-refractivity contribution in [3.8, 4) is 12.3 Å². The zero-order valence-corrected chi connectivity index (χ0v) is 12.5. The number of aryl methyl sites for hydroxylation is 1. The van der Waals surface area contributed by atoms with Gasteiger partial charge in [0, 0.05) is 19.3 Å². The normalized spacial score (nSPS) is 15.1. The highest BCUT2D eigenvalue weighted by Crippen LogP contribution is 2.24. The largest absolute Gasteiger partial charge is 0.345 e. The van der Waals surface area contributed by atoms with Crippen LogP contribution in [0.1, 0.15) is 36.0 Å². The van der Waals surface area contributed by atoms with Gasteiger partial charge in [0.2, 0.25) is 5.43 Å². The molecule has 0 saturated heterocycles. The minimum atomic E-state index is -0.299. The molecule has 22 heavy (non-hydrogen) atoms. The summed E-state index contributed by atoms with van der Waals surface area (Å²) in [5, 5.41) is 4.46. The molecule has 1 saturated carbocycles. The summed E-state index contributed by atoms with van der Waals surface area (Å²) in [7, 11) is 1.74. The predicted molar refractivity (Wildman–Crippen MR) is 83.5 cm³/mol. The number of nitrogens with zero attached hydrogens (tertiary/aromatic N) is 3. The van der Waals surface area contributed by atoms with Crippen LogP contribution >= 0.6 is 0 Å². The Labute approximate surface area is 128 Å². The van der Waals surface area contributed by atoms with Crippen LogP contribution in [0.15, 0.2) is 17.2 Å². The second-order valence-electron chi connectivity index (χ2n) is 5.64. The van der Waals surface area contributed by atoms with Gasteiger partial charge < -0.3 is 9.88 Å². The molecule has 1 N–H and O–H groups in total. The van der Waals surface area contributed by atoms with E-state index in [9.17, 15) is 9.59 Å². The second-order valence-corrected chi connectivity index (χ2v) is 5.64. The third kappa shape index (κ3) is 2.29. The number of nitrogens with one attached hydrogen (secondary N) is 1. The van der Waals surface area contributed by atoms with Gasteiger partial charge in [-0.3, -0.25) is 14.3 Å². The fourth-order valence-electron chi connectivity index (χ4n) is 3.12. The monoisotopic (exact) mass is 298 g/mol. The van der Waals surface area contributed by atoms with Crippen molar-refractivity contribution in [1.82, 2.24) is 19.7 Å². The van der Waals surface area contributed by atoms with E-state index in [1.54, 1.807) is 16.6 Å². The molecule has 1 amide bonds. The van der Waals surface area contributed by atoms with Gasteiger partial charge in [0.05, 0.1) is 18.1 Å². The minimum absolute atomic E-state index is 0.127. The molecule has 0 spiro atoms. The van der Waals surface area contributed by atoms with E-state index in [1.165, 1.54) is 12.4 Å². The third-order valence-electron chi connectivity index (χ3n) is 4.30. The first-order valence-corrected chi connectivity index (χ1v) is 7.41. The quantitative estimate of drug-likeness (QED) is 0.868. The molecule has 2 aromatic heterocycles. The number of amides is 1. The van der Waals surface area contributed by atoms with Gasteiger partial charge in [-0.1, -0.05) is 18.8 Å². The fourth-order valence-corrected chi connectivity index (χ4v) is 3.12. The Balaban J connectivity index is 2.01. The first-order valence-electron chi connectivity index (χ1n) is 7.41. The number of rotatable bonds is 3. The minimum Gasteiger partial charge on any atom is -0.345 e. The Bertz CT molecular complexity index is 806. The van der Waals surface area contributed by atoms with Crippen LogP contribution in [-0.2, 0) is 7.05 Å². The molecule has 114 valence electrons. The molecule has 0 atom stereocenters. The van der Waals surface area contributed by atoms with E-state index in [-0.39, 0.29) is 29.5 Å². The number of hydrogen-bond acceptors (Lipinski definition) is 3. The highest BCUT2D eigenvalue weighted by molar-refractivity contribution is 5.97. The standard InChI is InChI=1S/C16H18N4O2/c1-3-8-20(11-6-4-5-7-11)16(22)13-9-17-15-12(14(13)21)10-18-19(15)2/h1,9-11H,4-8H2,2H3,(H,17,21). The van der Waals surface area contributed by atoms with Gasteiger partial charge in [0.15, 0.2) is 0 Å². The number of terminal acetylenes is 1. The van der Waals surface area contributed by atoms with Crippen LogP contribution < -0.4 is 5.43 Å². The molecule has 3 rings (SSSR count). The Morgan fingerprint density at radius 2 is 2.27 bits per heavy atom. The van der Waals surface area contributed by atoms with Crippen molar-refractivity contribution in [2.45, 2.75) is 31.7 Å². The summed E-state index contributed by atoms with van der Waals surface area (Å²) in [5.41, 5.74) is 0.431. The van der Waals surface area contributed by atoms with E-state index >= 15 is 0 Å². The molecule has 1 aliphatic carbocycles. The summed E-state index contributed by atoms with van der Waals surface area (Å²) in [6, 6.07) is 0.132. The van der Waals surface area contributed by atoms with Crippen LogP contribution in [0.5, 0.6) is 0 Å². The lowest BCUT2D eigenvalue weighted by molar-refractivity contribution is 0.0709. The second kappa shape index (κ2) is 5.68. The molecule has 1 aliphatic rings. The van der Waals surface area contributed by atoms with E-state index in [1.807, 2.05) is 0 Å². The zero-order valence-electron chi connectivity index (χ0n) is 12.5. The van der Waals surface area contributed by atoms with E-state index in [4.69, 9.17) is 6.42 Å². The van der Waals surface area contributed by atoms with Gasteiger partial charge in [-0.15, -0.1) is 6.42 Å². The molecule has 0 aromatic carbocycles. The topological polar surface area (TPSA) is 71.0 Å². The molecule has 0 aliphatic heterocycles. The van der Waals surface area contributed by atoms with Gasteiger partial charge in [0.25, 0.3) is 5.91 Å². The summed E-state index contributed by atoms with van der Waals surface area (Å²) < 4.78 is 1.57. The first kappa shape index (κ1) is 14.4. The molecule has 1 fully saturated rings. The van der Waals surface area contributed by atoms with Gasteiger partial charge in [-0.25, -0.2) is 0 Å². The molecular formula is C16H18N4O2. The number of hydrogen-bond donors (Lipinski definition) is 1. The Morgan fingerprint density at radius 3 is 2.95 bits per heavy atom. The average molecular weight is 298 g/mol. The molecule has 0 bridgehead atoms. The molecule has 6 heteroatoms. The summed E-state index contributed by atoms with van der Waals surface area (Å²) in [4.78, 5) is 29.9. The summed E-state index contributed by atoms with van der Waals surface area (Å²) >= 11 is 0. The summed E-state index contributed by atoms with van der Waals surface area (Å²) in [5.74, 6) is 2.24. The van der Waals surface area contributed by atoms with Crippen molar-refractivity contribution < 1.29 is 4.79 Å². The van der Waals surface area contributed by atoms with E-state index in [2.05, 4.69) is 16.0 Å². The Hall–Kier alpha value is -2.55. The number of fused-ring (bicyclic) bond motifs is 1. The molecule has 0 radical (unpaired) electrons. The molecular weight excluding hydrogens is 280 g/mol. The number of aromatic amines is 1. The van der Waals surface area contributed by atoms with Gasteiger partial charge in [-0.2, -0.15) is 5.10 Å². The first-order chi connectivity index (χ1) is 10.6. The highest BCUT2D eigenvalue weighted by atomic mass is 16.2. The van der Waals surface area contributed by atoms with E-state index in [0.29, 0.717) is 11.0 Å². The zero-order chi connectivity index (χ0) is 15.7. The molecule has 2 aromatic rings. The van der Waals surface area contributed by atoms with Crippen LogP contribution in [0.3, 0.4) is 0 Å². The highest BCUT2D eigenvalue weighted by Gasteiger charge is 2.28. The van der Waals surface area contributed by atoms with Crippen molar-refractivity contribution >= 4 is 16.9 Å². The maximum atomic E-state index is 12.8. The van der Waals surface area contributed by atoms with Crippen molar-refractivity contribution in [2.75, 3.05) is 6.54 Å². The number of carbonyl (C=O) groups excluding carboxylic acids is 1. The van der Waals surface area contributed by atoms with E-state index < -0.39 is 0 Å². The number of aromatic nitrogens is 3. The number of carbonyl (C=O) groups is 1. The maximum Gasteiger partial charge on any atom is 0.260 e. The fraction of sp³-hybridized carbons (Fsp3) is 0.438. The summed E-state index contributed by atoms with van der Waals surface area (Å²) in [6.07, 6.45) is 12.4. The van der Waals surface area contributed by atoms with Crippen LogP contribution in [-0.4, -0.2) is 38.2 Å². The molecule has 0 unspecified atom stereocenters. The third-order valence-corrected chi connectivity index (χ3v) is 4.30. The van der Waals surface area contributed by atoms with Gasteiger partial charge >= 0.3 is 0 Å². The van der Waals surface area contributed by atoms with Crippen LogP contribution in [0.4, 0.5) is 0 Å². The van der Waals surface area contributed by atoms with E-state index in [0.717, 1.165) is 25.7 Å². The van der Waals surface area contributed by atoms with Crippen molar-refractivity contribution in [2.24, 2.45) is 7.05 Å². The van der Waals surface area contributed by atoms with Crippen LogP contribution in [0, 0.1) is 12.3 Å². The van der Waals surface area contributed by atoms with Crippen LogP contribution in [0.2, 0.25) is 0 Å². The number of H-pyrrole nitrogens is 1. The SMILES string of the molecule is C#CCN(C(=O)c1c[nH]c2c(cnn2C)c1=O)C1CCCC1. The predicted octanol–water partition coefficient (Wildman–Crippen LogP) is 1.28. The number of pyridine rings is 1. The van der Waals surface area contributed by atoms with Gasteiger partial charge in [0.1, 0.15) is 11.2 Å². The molecule has 2 heterocycles. The maximum absolute atomic E-state index is 12.8. The van der Waals surface area contributed by atoms with Crippen molar-refractivity contribution in [1.29, 1.82) is 0 Å².